The molecule has 0 amide bonds. The smallest absolute Gasteiger partial charge is 0.0513 e. The van der Waals surface area contributed by atoms with Gasteiger partial charge in [0.05, 0.1) is 5.69 Å². The minimum Gasteiger partial charge on any atom is -0.368 e. The Labute approximate surface area is 112 Å². The van der Waals surface area contributed by atoms with E-state index in [9.17, 15) is 0 Å². The highest BCUT2D eigenvalue weighted by molar-refractivity contribution is 9.10. The molecule has 1 aliphatic rings. The largest absolute Gasteiger partial charge is 0.368 e. The second kappa shape index (κ2) is 5.87. The molecular formula is C14H21BrN2. The molecule has 0 spiro atoms. The maximum Gasteiger partial charge on any atom is 0.0513 e. The summed E-state index contributed by atoms with van der Waals surface area (Å²) in [6.45, 7) is 4.07. The van der Waals surface area contributed by atoms with Crippen LogP contribution in [0, 0.1) is 0 Å². The number of nitrogens with zero attached hydrogens (tertiary/aromatic N) is 1. The molecular weight excluding hydrogens is 276 g/mol. The molecule has 0 aliphatic carbocycles. The van der Waals surface area contributed by atoms with Crippen molar-refractivity contribution in [3.8, 4) is 0 Å². The van der Waals surface area contributed by atoms with Crippen LogP contribution in [0.5, 0.6) is 0 Å². The summed E-state index contributed by atoms with van der Waals surface area (Å²) in [4.78, 5) is 2.55. The number of anilines is 1. The zero-order valence-corrected chi connectivity index (χ0v) is 12.0. The summed E-state index contributed by atoms with van der Waals surface area (Å²) in [7, 11) is 0. The molecule has 0 aromatic heterocycles. The van der Waals surface area contributed by atoms with Gasteiger partial charge in [0.25, 0.3) is 0 Å². The number of rotatable bonds is 3. The van der Waals surface area contributed by atoms with E-state index >= 15 is 0 Å². The van der Waals surface area contributed by atoms with Crippen LogP contribution >= 0.6 is 15.9 Å². The summed E-state index contributed by atoms with van der Waals surface area (Å²) >= 11 is 3.68. The van der Waals surface area contributed by atoms with Crippen LogP contribution in [0.25, 0.3) is 0 Å². The topological polar surface area (TPSA) is 29.3 Å². The minimum atomic E-state index is 0.607. The molecule has 1 aromatic carbocycles. The first-order chi connectivity index (χ1) is 8.26. The molecule has 94 valence electrons. The number of hydrogen-bond acceptors (Lipinski definition) is 2. The van der Waals surface area contributed by atoms with Crippen LogP contribution in [0.1, 0.15) is 38.2 Å². The highest BCUT2D eigenvalue weighted by atomic mass is 79.9. The van der Waals surface area contributed by atoms with Crippen molar-refractivity contribution in [3.05, 3.63) is 28.2 Å². The van der Waals surface area contributed by atoms with Crippen molar-refractivity contribution in [2.45, 2.75) is 45.2 Å². The molecule has 1 aromatic rings. The summed E-state index contributed by atoms with van der Waals surface area (Å²) < 4.78 is 1.18. The van der Waals surface area contributed by atoms with Crippen LogP contribution < -0.4 is 10.6 Å². The van der Waals surface area contributed by atoms with E-state index in [-0.39, 0.29) is 0 Å². The van der Waals surface area contributed by atoms with E-state index in [1.807, 2.05) is 0 Å². The van der Waals surface area contributed by atoms with E-state index in [4.69, 9.17) is 5.73 Å². The van der Waals surface area contributed by atoms with Crippen LogP contribution in [0.3, 0.4) is 0 Å². The normalized spacial score (nSPS) is 20.6. The molecule has 1 unspecified atom stereocenters. The van der Waals surface area contributed by atoms with Gasteiger partial charge in [-0.05, 0) is 59.3 Å². The van der Waals surface area contributed by atoms with Gasteiger partial charge in [-0.15, -0.1) is 0 Å². The van der Waals surface area contributed by atoms with Crippen molar-refractivity contribution in [2.24, 2.45) is 5.73 Å². The van der Waals surface area contributed by atoms with E-state index in [0.717, 1.165) is 0 Å². The van der Waals surface area contributed by atoms with Gasteiger partial charge >= 0.3 is 0 Å². The van der Waals surface area contributed by atoms with Crippen LogP contribution in [-0.2, 0) is 6.54 Å². The molecule has 2 rings (SSSR count). The molecule has 1 aliphatic heterocycles. The first kappa shape index (κ1) is 12.9. The average molecular weight is 297 g/mol. The highest BCUT2D eigenvalue weighted by Gasteiger charge is 2.22. The van der Waals surface area contributed by atoms with E-state index in [2.05, 4.69) is 46.0 Å². The number of benzene rings is 1. The van der Waals surface area contributed by atoms with E-state index in [1.165, 1.54) is 48.0 Å². The fourth-order valence-corrected chi connectivity index (χ4v) is 3.31. The summed E-state index contributed by atoms with van der Waals surface area (Å²) in [6, 6.07) is 7.20. The summed E-state index contributed by atoms with van der Waals surface area (Å²) in [5.41, 5.74) is 8.18. The molecule has 1 heterocycles. The van der Waals surface area contributed by atoms with Crippen molar-refractivity contribution >= 4 is 21.6 Å². The second-order valence-corrected chi connectivity index (χ2v) is 5.60. The lowest BCUT2D eigenvalue weighted by molar-refractivity contribution is 0.449. The number of hydrogen-bond donors (Lipinski definition) is 1. The maximum absolute atomic E-state index is 5.67. The predicted molar refractivity (Wildman–Crippen MR) is 77.3 cm³/mol. The third-order valence-electron chi connectivity index (χ3n) is 3.66. The van der Waals surface area contributed by atoms with Gasteiger partial charge in [0, 0.05) is 23.6 Å². The molecule has 3 heteroatoms. The highest BCUT2D eigenvalue weighted by Crippen LogP contribution is 2.33. The van der Waals surface area contributed by atoms with Crippen LogP contribution in [0.15, 0.2) is 22.7 Å². The van der Waals surface area contributed by atoms with Crippen molar-refractivity contribution in [1.29, 1.82) is 0 Å². The Hall–Kier alpha value is -0.540. The van der Waals surface area contributed by atoms with Crippen molar-refractivity contribution < 1.29 is 0 Å². The second-order valence-electron chi connectivity index (χ2n) is 4.74. The molecule has 1 atom stereocenters. The van der Waals surface area contributed by atoms with Crippen molar-refractivity contribution in [2.75, 3.05) is 11.4 Å². The zero-order valence-electron chi connectivity index (χ0n) is 10.5. The average Bonchev–Trinajstić information content (AvgIpc) is 2.38. The molecule has 2 nitrogen and oxygen atoms in total. The Morgan fingerprint density at radius 1 is 1.41 bits per heavy atom. The lowest BCUT2D eigenvalue weighted by Gasteiger charge is -2.37. The quantitative estimate of drug-likeness (QED) is 0.922. The number of halogens is 1. The van der Waals surface area contributed by atoms with Crippen molar-refractivity contribution in [1.82, 2.24) is 0 Å². The first-order valence-electron chi connectivity index (χ1n) is 6.51. The predicted octanol–water partition coefficient (Wildman–Crippen LogP) is 3.68. The van der Waals surface area contributed by atoms with Crippen molar-refractivity contribution in [3.63, 3.8) is 0 Å². The molecule has 0 bridgehead atoms. The first-order valence-corrected chi connectivity index (χ1v) is 7.30. The Balaban J connectivity index is 2.25. The monoisotopic (exact) mass is 296 g/mol. The van der Waals surface area contributed by atoms with Gasteiger partial charge in [-0.1, -0.05) is 13.0 Å². The van der Waals surface area contributed by atoms with Gasteiger partial charge in [0.2, 0.25) is 0 Å². The summed E-state index contributed by atoms with van der Waals surface area (Å²) in [5.74, 6) is 0. The molecule has 1 fully saturated rings. The van der Waals surface area contributed by atoms with Gasteiger partial charge in [-0.3, -0.25) is 0 Å². The van der Waals surface area contributed by atoms with Gasteiger partial charge in [-0.25, -0.2) is 0 Å². The molecule has 2 N–H and O–H groups in total. The number of nitrogens with two attached hydrogens (primary N) is 1. The summed E-state index contributed by atoms with van der Waals surface area (Å²) in [5, 5.41) is 0. The van der Waals surface area contributed by atoms with Crippen LogP contribution in [0.4, 0.5) is 5.69 Å². The van der Waals surface area contributed by atoms with Gasteiger partial charge in [0.15, 0.2) is 0 Å². The standard InChI is InChI=1S/C14H21BrN2/c1-2-12-5-3-4-8-17(12)14-7-6-11(10-16)9-13(14)15/h6-7,9,12H,2-5,8,10,16H2,1H3. The van der Waals surface area contributed by atoms with Gasteiger partial charge in [0.1, 0.15) is 0 Å². The van der Waals surface area contributed by atoms with Crippen LogP contribution in [0.2, 0.25) is 0 Å². The lowest BCUT2D eigenvalue weighted by atomic mass is 9.99. The third-order valence-corrected chi connectivity index (χ3v) is 4.29. The molecule has 1 saturated heterocycles. The van der Waals surface area contributed by atoms with Gasteiger partial charge < -0.3 is 10.6 Å². The van der Waals surface area contributed by atoms with Gasteiger partial charge in [-0.2, -0.15) is 0 Å². The molecule has 0 radical (unpaired) electrons. The Morgan fingerprint density at radius 2 is 2.24 bits per heavy atom. The number of piperidine rings is 1. The Kier molecular flexibility index (Phi) is 4.46. The van der Waals surface area contributed by atoms with Crippen LogP contribution in [-0.4, -0.2) is 12.6 Å². The fourth-order valence-electron chi connectivity index (χ4n) is 2.65. The van der Waals surface area contributed by atoms with E-state index < -0.39 is 0 Å². The third kappa shape index (κ3) is 2.83. The fraction of sp³-hybridized carbons (Fsp3) is 0.571. The zero-order chi connectivity index (χ0) is 12.3. The summed E-state index contributed by atoms with van der Waals surface area (Å²) in [6.07, 6.45) is 5.22. The minimum absolute atomic E-state index is 0.607. The maximum atomic E-state index is 5.67. The Morgan fingerprint density at radius 3 is 2.88 bits per heavy atom. The SMILES string of the molecule is CCC1CCCCN1c1ccc(CN)cc1Br. The van der Waals surface area contributed by atoms with E-state index in [1.54, 1.807) is 0 Å². The van der Waals surface area contributed by atoms with E-state index in [0.29, 0.717) is 12.6 Å². The molecule has 0 saturated carbocycles. The Bertz CT molecular complexity index is 378. The lowest BCUT2D eigenvalue weighted by Crippen LogP contribution is -2.39. The molecule has 17 heavy (non-hydrogen) atoms.